The highest BCUT2D eigenvalue weighted by Crippen LogP contribution is 2.24. The summed E-state index contributed by atoms with van der Waals surface area (Å²) in [5, 5.41) is 13.1. The highest BCUT2D eigenvalue weighted by atomic mass is 32.2. The van der Waals surface area contributed by atoms with Gasteiger partial charge in [-0.1, -0.05) is 19.1 Å². The molecule has 2 N–H and O–H groups in total. The summed E-state index contributed by atoms with van der Waals surface area (Å²) in [7, 11) is 0. The van der Waals surface area contributed by atoms with Crippen LogP contribution in [0.4, 0.5) is 0 Å². The molecule has 4 heteroatoms. The minimum atomic E-state index is -0.384. The van der Waals surface area contributed by atoms with Crippen LogP contribution in [0.25, 0.3) is 0 Å². The molecule has 20 heavy (non-hydrogen) atoms. The lowest BCUT2D eigenvalue weighted by atomic mass is 9.85. The molecule has 118 valence electrons. The number of thioether (sulfide) groups is 1. The molecule has 3 unspecified atom stereocenters. The zero-order valence-electron chi connectivity index (χ0n) is 13.0. The summed E-state index contributed by atoms with van der Waals surface area (Å²) < 4.78 is 5.67. The molecule has 0 saturated heterocycles. The highest BCUT2D eigenvalue weighted by Gasteiger charge is 2.18. The van der Waals surface area contributed by atoms with Gasteiger partial charge in [-0.2, -0.15) is 11.8 Å². The fourth-order valence-electron chi connectivity index (χ4n) is 2.42. The normalized spacial score (nSPS) is 23.9. The molecule has 1 rings (SSSR count). The van der Waals surface area contributed by atoms with E-state index >= 15 is 0 Å². The van der Waals surface area contributed by atoms with Crippen LogP contribution >= 0.6 is 11.8 Å². The van der Waals surface area contributed by atoms with Gasteiger partial charge < -0.3 is 15.2 Å². The van der Waals surface area contributed by atoms with E-state index in [-0.39, 0.29) is 6.10 Å². The van der Waals surface area contributed by atoms with Crippen LogP contribution in [-0.4, -0.2) is 49.5 Å². The van der Waals surface area contributed by atoms with Crippen molar-refractivity contribution in [3.8, 4) is 0 Å². The van der Waals surface area contributed by atoms with Crippen molar-refractivity contribution in [2.75, 3.05) is 38.3 Å². The van der Waals surface area contributed by atoms with Gasteiger partial charge in [0.05, 0.1) is 19.3 Å². The Bertz CT molecular complexity index is 261. The number of aliphatic hydroxyl groups is 1. The van der Waals surface area contributed by atoms with Crippen LogP contribution in [0.3, 0.4) is 0 Å². The van der Waals surface area contributed by atoms with Crippen LogP contribution in [0.2, 0.25) is 0 Å². The first kappa shape index (κ1) is 18.0. The van der Waals surface area contributed by atoms with Crippen molar-refractivity contribution in [2.24, 2.45) is 11.8 Å². The maximum Gasteiger partial charge on any atom is 0.0897 e. The first-order valence-electron chi connectivity index (χ1n) is 7.84. The minimum Gasteiger partial charge on any atom is -0.389 e. The second-order valence-electron chi connectivity index (χ2n) is 5.78. The van der Waals surface area contributed by atoms with Crippen LogP contribution < -0.4 is 5.32 Å². The standard InChI is InChI=1S/C16H31NO2S/c1-14-7-3-4-8-15(14)12-19-13-16(18)11-17-9-5-6-10-20-2/h3-4,14-18H,5-13H2,1-2H3. The number of aliphatic hydroxyl groups excluding tert-OH is 1. The number of hydrogen-bond donors (Lipinski definition) is 2. The van der Waals surface area contributed by atoms with E-state index < -0.39 is 0 Å². The van der Waals surface area contributed by atoms with Gasteiger partial charge in [-0.3, -0.25) is 0 Å². The van der Waals surface area contributed by atoms with Crippen LogP contribution in [0.15, 0.2) is 12.2 Å². The van der Waals surface area contributed by atoms with Crippen molar-refractivity contribution in [1.82, 2.24) is 5.32 Å². The molecule has 0 aliphatic heterocycles. The van der Waals surface area contributed by atoms with Crippen molar-refractivity contribution < 1.29 is 9.84 Å². The third-order valence-corrected chi connectivity index (χ3v) is 4.59. The molecule has 3 atom stereocenters. The number of unbranched alkanes of at least 4 members (excludes halogenated alkanes) is 1. The van der Waals surface area contributed by atoms with Crippen molar-refractivity contribution in [1.29, 1.82) is 0 Å². The van der Waals surface area contributed by atoms with Gasteiger partial charge in [-0.05, 0) is 56.1 Å². The predicted octanol–water partition coefficient (Wildman–Crippen LogP) is 2.70. The van der Waals surface area contributed by atoms with Gasteiger partial charge >= 0.3 is 0 Å². The van der Waals surface area contributed by atoms with E-state index in [1.54, 1.807) is 0 Å². The summed E-state index contributed by atoms with van der Waals surface area (Å²) >= 11 is 1.89. The van der Waals surface area contributed by atoms with Gasteiger partial charge in [0.15, 0.2) is 0 Å². The Morgan fingerprint density at radius 2 is 2.15 bits per heavy atom. The Labute approximate surface area is 128 Å². The van der Waals surface area contributed by atoms with E-state index in [1.165, 1.54) is 18.6 Å². The quantitative estimate of drug-likeness (QED) is 0.455. The molecular formula is C16H31NO2S. The Balaban J connectivity index is 1.94. The number of ether oxygens (including phenoxy) is 1. The Morgan fingerprint density at radius 3 is 2.90 bits per heavy atom. The second kappa shape index (κ2) is 11.6. The van der Waals surface area contributed by atoms with Gasteiger partial charge in [0.2, 0.25) is 0 Å². The Kier molecular flexibility index (Phi) is 10.5. The van der Waals surface area contributed by atoms with Gasteiger partial charge in [0.25, 0.3) is 0 Å². The summed E-state index contributed by atoms with van der Waals surface area (Å²) in [6, 6.07) is 0. The highest BCUT2D eigenvalue weighted by molar-refractivity contribution is 7.98. The van der Waals surface area contributed by atoms with Gasteiger partial charge in [-0.25, -0.2) is 0 Å². The van der Waals surface area contributed by atoms with E-state index in [2.05, 4.69) is 30.6 Å². The van der Waals surface area contributed by atoms with Crippen molar-refractivity contribution in [3.63, 3.8) is 0 Å². The Hall–Kier alpha value is -0.0300. The number of allylic oxidation sites excluding steroid dienone is 2. The van der Waals surface area contributed by atoms with Crippen molar-refractivity contribution >= 4 is 11.8 Å². The molecule has 3 nitrogen and oxygen atoms in total. The van der Waals surface area contributed by atoms with Gasteiger partial charge in [0.1, 0.15) is 0 Å². The lowest BCUT2D eigenvalue weighted by Crippen LogP contribution is -2.32. The first-order chi connectivity index (χ1) is 9.74. The predicted molar refractivity (Wildman–Crippen MR) is 88.3 cm³/mol. The van der Waals surface area contributed by atoms with Gasteiger partial charge in [0, 0.05) is 6.54 Å². The average molecular weight is 301 g/mol. The molecule has 1 aliphatic rings. The second-order valence-corrected chi connectivity index (χ2v) is 6.76. The minimum absolute atomic E-state index is 0.384. The fraction of sp³-hybridized carbons (Fsp3) is 0.875. The molecule has 0 spiro atoms. The molecule has 0 heterocycles. The smallest absolute Gasteiger partial charge is 0.0897 e. The molecule has 0 radical (unpaired) electrons. The topological polar surface area (TPSA) is 41.5 Å². The van der Waals surface area contributed by atoms with Crippen LogP contribution in [0.5, 0.6) is 0 Å². The summed E-state index contributed by atoms with van der Waals surface area (Å²) in [6.45, 7) is 5.13. The molecule has 0 saturated carbocycles. The van der Waals surface area contributed by atoms with E-state index in [9.17, 15) is 5.11 Å². The lowest BCUT2D eigenvalue weighted by Gasteiger charge is -2.25. The maximum absolute atomic E-state index is 9.84. The lowest BCUT2D eigenvalue weighted by molar-refractivity contribution is 0.0129. The molecular weight excluding hydrogens is 270 g/mol. The molecule has 0 amide bonds. The third kappa shape index (κ3) is 8.30. The van der Waals surface area contributed by atoms with E-state index in [0.717, 1.165) is 26.0 Å². The van der Waals surface area contributed by atoms with E-state index in [1.807, 2.05) is 11.8 Å². The first-order valence-corrected chi connectivity index (χ1v) is 9.24. The molecule has 0 aromatic rings. The van der Waals surface area contributed by atoms with Crippen LogP contribution in [0, 0.1) is 11.8 Å². The summed E-state index contributed by atoms with van der Waals surface area (Å²) in [6.07, 6.45) is 11.0. The number of rotatable bonds is 11. The van der Waals surface area contributed by atoms with Crippen LogP contribution in [-0.2, 0) is 4.74 Å². The Morgan fingerprint density at radius 1 is 1.35 bits per heavy atom. The summed E-state index contributed by atoms with van der Waals surface area (Å²) in [4.78, 5) is 0. The van der Waals surface area contributed by atoms with E-state index in [0.29, 0.717) is 25.0 Å². The van der Waals surface area contributed by atoms with Gasteiger partial charge in [-0.15, -0.1) is 0 Å². The molecule has 0 bridgehead atoms. The van der Waals surface area contributed by atoms with Crippen molar-refractivity contribution in [2.45, 2.75) is 38.7 Å². The third-order valence-electron chi connectivity index (χ3n) is 3.89. The molecule has 0 fully saturated rings. The average Bonchev–Trinajstić information content (AvgIpc) is 2.45. The fourth-order valence-corrected chi connectivity index (χ4v) is 2.91. The monoisotopic (exact) mass is 301 g/mol. The van der Waals surface area contributed by atoms with E-state index in [4.69, 9.17) is 4.74 Å². The molecule has 1 aliphatic carbocycles. The molecule has 0 aromatic carbocycles. The van der Waals surface area contributed by atoms with Crippen molar-refractivity contribution in [3.05, 3.63) is 12.2 Å². The SMILES string of the molecule is CSCCCCNCC(O)COCC1CC=CCC1C. The summed E-state index contributed by atoms with van der Waals surface area (Å²) in [5.41, 5.74) is 0. The maximum atomic E-state index is 9.84. The van der Waals surface area contributed by atoms with Crippen LogP contribution in [0.1, 0.15) is 32.6 Å². The number of hydrogen-bond acceptors (Lipinski definition) is 4. The zero-order chi connectivity index (χ0) is 14.6. The largest absolute Gasteiger partial charge is 0.389 e. The number of nitrogens with one attached hydrogen (secondary N) is 1. The summed E-state index contributed by atoms with van der Waals surface area (Å²) in [5.74, 6) is 2.54. The zero-order valence-corrected chi connectivity index (χ0v) is 13.8. The molecule has 0 aromatic heterocycles.